The van der Waals surface area contributed by atoms with Gasteiger partial charge in [0, 0.05) is 17.8 Å². The van der Waals surface area contributed by atoms with Crippen molar-refractivity contribution in [1.82, 2.24) is 19.8 Å². The number of pyridine rings is 1. The number of carbonyl (C=O) groups excluding carboxylic acids is 1. The van der Waals surface area contributed by atoms with E-state index in [0.29, 0.717) is 39.8 Å². The lowest BCUT2D eigenvalue weighted by Gasteiger charge is -2.19. The lowest BCUT2D eigenvalue weighted by molar-refractivity contribution is -0.137. The number of halogens is 4. The standard InChI is InChI=1S/C28H26ClF3N4O/c1-35(2)17-5-16-33-27(37)20-10-13-23(34-18-20)26-15-14-24(19-8-11-21(29)12-9-19)36(26)25-7-4-3-6-22(25)28(30,31)32/h3-4,6-15,18H,5,16-17H2,1-2H3,(H,33,37). The molecule has 4 aromatic rings. The number of carbonyl (C=O) groups is 1. The van der Waals surface area contributed by atoms with E-state index in [2.05, 4.69) is 10.3 Å². The van der Waals surface area contributed by atoms with Crippen LogP contribution in [0.4, 0.5) is 13.2 Å². The van der Waals surface area contributed by atoms with Crippen molar-refractivity contribution in [2.75, 3.05) is 27.2 Å². The van der Waals surface area contributed by atoms with Gasteiger partial charge in [-0.05, 0) is 81.2 Å². The fourth-order valence-corrected chi connectivity index (χ4v) is 4.16. The summed E-state index contributed by atoms with van der Waals surface area (Å²) in [5.74, 6) is -0.252. The molecule has 0 radical (unpaired) electrons. The number of benzene rings is 2. The molecule has 0 saturated carbocycles. The van der Waals surface area contributed by atoms with E-state index in [1.54, 1.807) is 54.6 Å². The largest absolute Gasteiger partial charge is 0.418 e. The minimum atomic E-state index is -4.56. The van der Waals surface area contributed by atoms with E-state index in [-0.39, 0.29) is 11.6 Å². The number of hydrogen-bond donors (Lipinski definition) is 1. The third kappa shape index (κ3) is 6.21. The minimum absolute atomic E-state index is 0.0236. The van der Waals surface area contributed by atoms with E-state index in [1.807, 2.05) is 19.0 Å². The molecule has 0 fully saturated rings. The molecular formula is C28H26ClF3N4O. The first-order chi connectivity index (χ1) is 17.6. The van der Waals surface area contributed by atoms with Crippen LogP contribution in [0, 0.1) is 0 Å². The van der Waals surface area contributed by atoms with Crippen LogP contribution < -0.4 is 5.32 Å². The van der Waals surface area contributed by atoms with Gasteiger partial charge < -0.3 is 14.8 Å². The molecule has 5 nitrogen and oxygen atoms in total. The minimum Gasteiger partial charge on any atom is -0.352 e. The van der Waals surface area contributed by atoms with Crippen molar-refractivity contribution in [3.05, 3.63) is 95.1 Å². The smallest absolute Gasteiger partial charge is 0.352 e. The van der Waals surface area contributed by atoms with Crippen LogP contribution in [0.2, 0.25) is 5.02 Å². The molecule has 0 aliphatic rings. The van der Waals surface area contributed by atoms with Gasteiger partial charge in [0.2, 0.25) is 0 Å². The Morgan fingerprint density at radius 3 is 2.32 bits per heavy atom. The maximum absolute atomic E-state index is 14.0. The highest BCUT2D eigenvalue weighted by atomic mass is 35.5. The molecule has 0 bridgehead atoms. The predicted octanol–water partition coefficient (Wildman–Crippen LogP) is 6.56. The first-order valence-electron chi connectivity index (χ1n) is 11.7. The van der Waals surface area contributed by atoms with Gasteiger partial charge >= 0.3 is 6.18 Å². The maximum Gasteiger partial charge on any atom is 0.418 e. The Morgan fingerprint density at radius 1 is 0.973 bits per heavy atom. The number of aromatic nitrogens is 2. The van der Waals surface area contributed by atoms with Gasteiger partial charge in [-0.25, -0.2) is 0 Å². The third-order valence-electron chi connectivity index (χ3n) is 5.83. The Labute approximate surface area is 218 Å². The van der Waals surface area contributed by atoms with E-state index in [4.69, 9.17) is 11.6 Å². The monoisotopic (exact) mass is 526 g/mol. The van der Waals surface area contributed by atoms with Crippen molar-refractivity contribution < 1.29 is 18.0 Å². The fourth-order valence-electron chi connectivity index (χ4n) is 4.03. The molecular weight excluding hydrogens is 501 g/mol. The molecule has 0 atom stereocenters. The average Bonchev–Trinajstić information content (AvgIpc) is 3.31. The Hall–Kier alpha value is -3.62. The fraction of sp³-hybridized carbons (Fsp3) is 0.214. The zero-order valence-corrected chi connectivity index (χ0v) is 21.1. The number of nitrogens with one attached hydrogen (secondary N) is 1. The molecule has 0 aliphatic heterocycles. The summed E-state index contributed by atoms with van der Waals surface area (Å²) in [5.41, 5.74) is 1.72. The van der Waals surface area contributed by atoms with Crippen LogP contribution in [0.15, 0.2) is 79.0 Å². The molecule has 4 rings (SSSR count). The van der Waals surface area contributed by atoms with E-state index in [1.165, 1.54) is 22.9 Å². The van der Waals surface area contributed by atoms with E-state index in [0.717, 1.165) is 19.0 Å². The summed E-state index contributed by atoms with van der Waals surface area (Å²) in [4.78, 5) is 19.0. The van der Waals surface area contributed by atoms with E-state index in [9.17, 15) is 18.0 Å². The first-order valence-corrected chi connectivity index (χ1v) is 12.1. The molecule has 0 saturated heterocycles. The van der Waals surface area contributed by atoms with Crippen molar-refractivity contribution in [1.29, 1.82) is 0 Å². The Kier molecular flexibility index (Phi) is 8.00. The van der Waals surface area contributed by atoms with Crippen molar-refractivity contribution in [3.63, 3.8) is 0 Å². The molecule has 2 aromatic carbocycles. The number of alkyl halides is 3. The Morgan fingerprint density at radius 2 is 1.68 bits per heavy atom. The lowest BCUT2D eigenvalue weighted by atomic mass is 10.1. The molecule has 1 N–H and O–H groups in total. The first kappa shape index (κ1) is 26.4. The van der Waals surface area contributed by atoms with E-state index >= 15 is 0 Å². The second-order valence-corrected chi connectivity index (χ2v) is 9.24. The molecule has 1 amide bonds. The van der Waals surface area contributed by atoms with Gasteiger partial charge in [-0.3, -0.25) is 9.78 Å². The van der Waals surface area contributed by atoms with Crippen LogP contribution in [-0.2, 0) is 6.18 Å². The van der Waals surface area contributed by atoms with Gasteiger partial charge in [0.1, 0.15) is 0 Å². The molecule has 0 unspecified atom stereocenters. The highest BCUT2D eigenvalue weighted by Gasteiger charge is 2.34. The molecule has 9 heteroatoms. The summed E-state index contributed by atoms with van der Waals surface area (Å²) in [5, 5.41) is 3.38. The summed E-state index contributed by atoms with van der Waals surface area (Å²) in [6.07, 6.45) is -2.31. The van der Waals surface area contributed by atoms with Crippen LogP contribution in [0.1, 0.15) is 22.3 Å². The molecule has 2 aromatic heterocycles. The van der Waals surface area contributed by atoms with Crippen LogP contribution in [-0.4, -0.2) is 47.5 Å². The zero-order valence-electron chi connectivity index (χ0n) is 20.4. The van der Waals surface area contributed by atoms with Gasteiger partial charge in [0.05, 0.1) is 33.9 Å². The number of hydrogen-bond acceptors (Lipinski definition) is 3. The van der Waals surface area contributed by atoms with Crippen LogP contribution in [0.5, 0.6) is 0 Å². The van der Waals surface area contributed by atoms with Crippen molar-refractivity contribution in [3.8, 4) is 28.3 Å². The summed E-state index contributed by atoms with van der Waals surface area (Å²) >= 11 is 6.04. The van der Waals surface area contributed by atoms with Crippen molar-refractivity contribution >= 4 is 17.5 Å². The van der Waals surface area contributed by atoms with Gasteiger partial charge in [0.15, 0.2) is 0 Å². The Bertz CT molecular complexity index is 1360. The second kappa shape index (κ2) is 11.2. The molecule has 192 valence electrons. The van der Waals surface area contributed by atoms with Gasteiger partial charge in [0.25, 0.3) is 5.91 Å². The summed E-state index contributed by atoms with van der Waals surface area (Å²) in [6, 6.07) is 19.0. The van der Waals surface area contributed by atoms with Crippen LogP contribution in [0.3, 0.4) is 0 Å². The van der Waals surface area contributed by atoms with Crippen molar-refractivity contribution in [2.24, 2.45) is 0 Å². The van der Waals surface area contributed by atoms with Crippen molar-refractivity contribution in [2.45, 2.75) is 12.6 Å². The second-order valence-electron chi connectivity index (χ2n) is 8.81. The molecule has 0 spiro atoms. The molecule has 0 aliphatic carbocycles. The molecule has 37 heavy (non-hydrogen) atoms. The van der Waals surface area contributed by atoms with Crippen LogP contribution >= 0.6 is 11.6 Å². The lowest BCUT2D eigenvalue weighted by Crippen LogP contribution is -2.27. The topological polar surface area (TPSA) is 50.2 Å². The summed E-state index contributed by atoms with van der Waals surface area (Å²) in [7, 11) is 3.93. The molecule has 2 heterocycles. The van der Waals surface area contributed by atoms with E-state index < -0.39 is 11.7 Å². The van der Waals surface area contributed by atoms with Crippen LogP contribution in [0.25, 0.3) is 28.3 Å². The van der Waals surface area contributed by atoms with Gasteiger partial charge in [-0.2, -0.15) is 13.2 Å². The third-order valence-corrected chi connectivity index (χ3v) is 6.08. The van der Waals surface area contributed by atoms with Gasteiger partial charge in [-0.15, -0.1) is 0 Å². The highest BCUT2D eigenvalue weighted by Crippen LogP contribution is 2.39. The van der Waals surface area contributed by atoms with Gasteiger partial charge in [-0.1, -0.05) is 35.9 Å². The summed E-state index contributed by atoms with van der Waals surface area (Å²) < 4.78 is 43.5. The normalized spacial score (nSPS) is 11.6. The average molecular weight is 527 g/mol. The number of nitrogens with zero attached hydrogens (tertiary/aromatic N) is 3. The number of para-hydroxylation sites is 1. The number of amides is 1. The maximum atomic E-state index is 14.0. The highest BCUT2D eigenvalue weighted by molar-refractivity contribution is 6.30. The quantitative estimate of drug-likeness (QED) is 0.264. The Balaban J connectivity index is 1.73. The summed E-state index contributed by atoms with van der Waals surface area (Å²) in [6.45, 7) is 1.38. The predicted molar refractivity (Wildman–Crippen MR) is 140 cm³/mol. The number of rotatable bonds is 8. The SMILES string of the molecule is CN(C)CCCNC(=O)c1ccc(-c2ccc(-c3ccc(Cl)cc3)n2-c2ccccc2C(F)(F)F)nc1. The zero-order chi connectivity index (χ0) is 26.6.